The molecule has 1 aromatic carbocycles. The van der Waals surface area contributed by atoms with E-state index in [2.05, 4.69) is 30.7 Å². The average molecular weight is 418 g/mol. The highest BCUT2D eigenvalue weighted by Crippen LogP contribution is 2.43. The maximum atomic E-state index is 12.8. The summed E-state index contributed by atoms with van der Waals surface area (Å²) >= 11 is 0. The van der Waals surface area contributed by atoms with E-state index in [1.54, 1.807) is 34.2 Å². The number of hydrogen-bond acceptors (Lipinski definition) is 4. The maximum Gasteiger partial charge on any atom is 0.272 e. The molecule has 1 N–H and O–H groups in total. The lowest BCUT2D eigenvalue weighted by molar-refractivity contribution is -0.159. The Hall–Kier alpha value is -3.17. The van der Waals surface area contributed by atoms with Crippen LogP contribution >= 0.6 is 0 Å². The third-order valence-electron chi connectivity index (χ3n) is 5.96. The standard InChI is InChI=1S/C25H27N3O3/c1-17(2)6-5-7-18-9-11-19(12-10-18)24-21-14-27(15-23(30)28(21)22(24)16-29)25(31)20-8-3-4-13-26-20/h3-4,8-13,17,21-22,24,29H,6,14-16H2,1-2H3/t21-,22+,24+/m1/s1. The topological polar surface area (TPSA) is 73.7 Å². The number of pyridine rings is 1. The van der Waals surface area contributed by atoms with Crippen molar-refractivity contribution in [3.05, 3.63) is 65.5 Å². The van der Waals surface area contributed by atoms with Gasteiger partial charge in [-0.3, -0.25) is 14.6 Å². The first-order valence-electron chi connectivity index (χ1n) is 10.7. The zero-order valence-electron chi connectivity index (χ0n) is 17.9. The molecule has 2 aromatic rings. The van der Waals surface area contributed by atoms with E-state index in [4.69, 9.17) is 0 Å². The van der Waals surface area contributed by atoms with Crippen LogP contribution in [0, 0.1) is 17.8 Å². The summed E-state index contributed by atoms with van der Waals surface area (Å²) in [6, 6.07) is 12.8. The van der Waals surface area contributed by atoms with E-state index in [1.807, 2.05) is 24.3 Å². The summed E-state index contributed by atoms with van der Waals surface area (Å²) < 4.78 is 0. The summed E-state index contributed by atoms with van der Waals surface area (Å²) in [6.07, 6.45) is 2.43. The quantitative estimate of drug-likeness (QED) is 0.775. The number of piperazine rings is 1. The molecule has 0 aliphatic carbocycles. The fourth-order valence-corrected chi connectivity index (χ4v) is 4.45. The summed E-state index contributed by atoms with van der Waals surface area (Å²) in [5, 5.41) is 9.94. The van der Waals surface area contributed by atoms with Crippen LogP contribution in [0.15, 0.2) is 48.7 Å². The van der Waals surface area contributed by atoms with Gasteiger partial charge < -0.3 is 14.9 Å². The van der Waals surface area contributed by atoms with Crippen LogP contribution in [0.1, 0.15) is 47.8 Å². The Labute approximate surface area is 182 Å². The molecule has 0 bridgehead atoms. The van der Waals surface area contributed by atoms with Crippen LogP contribution in [0.3, 0.4) is 0 Å². The van der Waals surface area contributed by atoms with Crippen molar-refractivity contribution < 1.29 is 14.7 Å². The minimum absolute atomic E-state index is 0.0134. The third kappa shape index (κ3) is 4.19. The van der Waals surface area contributed by atoms with Gasteiger partial charge in [-0.1, -0.05) is 43.9 Å². The van der Waals surface area contributed by atoms with E-state index in [9.17, 15) is 14.7 Å². The van der Waals surface area contributed by atoms with Crippen molar-refractivity contribution in [2.45, 2.75) is 38.3 Å². The number of amides is 2. The molecule has 160 valence electrons. The number of carbonyl (C=O) groups is 2. The van der Waals surface area contributed by atoms with Gasteiger partial charge in [0.15, 0.2) is 0 Å². The summed E-state index contributed by atoms with van der Waals surface area (Å²) in [6.45, 7) is 4.62. The molecule has 0 unspecified atom stereocenters. The first kappa shape index (κ1) is 21.1. The lowest BCUT2D eigenvalue weighted by Gasteiger charge is -2.58. The number of aliphatic hydroxyl groups is 1. The van der Waals surface area contributed by atoms with E-state index in [-0.39, 0.29) is 43.0 Å². The second-order valence-corrected chi connectivity index (χ2v) is 8.57. The van der Waals surface area contributed by atoms with Crippen molar-refractivity contribution >= 4 is 11.8 Å². The van der Waals surface area contributed by atoms with E-state index in [0.29, 0.717) is 18.2 Å². The monoisotopic (exact) mass is 417 g/mol. The Bertz CT molecular complexity index is 1010. The van der Waals surface area contributed by atoms with Crippen molar-refractivity contribution in [1.29, 1.82) is 0 Å². The Kier molecular flexibility index (Phi) is 6.06. The van der Waals surface area contributed by atoms with Gasteiger partial charge in [-0.05, 0) is 35.7 Å². The molecule has 2 aliphatic heterocycles. The van der Waals surface area contributed by atoms with Crippen molar-refractivity contribution in [1.82, 2.24) is 14.8 Å². The number of hydrogen-bond donors (Lipinski definition) is 1. The highest BCUT2D eigenvalue weighted by molar-refractivity contribution is 5.96. The van der Waals surface area contributed by atoms with Gasteiger partial charge in [0, 0.05) is 30.6 Å². The normalized spacial score (nSPS) is 22.5. The van der Waals surface area contributed by atoms with E-state index in [1.165, 1.54) is 0 Å². The largest absolute Gasteiger partial charge is 0.394 e. The molecule has 6 heteroatoms. The van der Waals surface area contributed by atoms with Crippen molar-refractivity contribution in [2.24, 2.45) is 5.92 Å². The molecule has 3 heterocycles. The van der Waals surface area contributed by atoms with Crippen molar-refractivity contribution in [2.75, 3.05) is 19.7 Å². The van der Waals surface area contributed by atoms with Crippen LogP contribution in [0.4, 0.5) is 0 Å². The molecule has 0 saturated carbocycles. The Morgan fingerprint density at radius 1 is 1.23 bits per heavy atom. The zero-order valence-corrected chi connectivity index (χ0v) is 17.9. The van der Waals surface area contributed by atoms with Gasteiger partial charge >= 0.3 is 0 Å². The fraction of sp³-hybridized carbons (Fsp3) is 0.400. The predicted octanol–water partition coefficient (Wildman–Crippen LogP) is 2.29. The molecular weight excluding hydrogens is 390 g/mol. The molecule has 2 saturated heterocycles. The number of fused-ring (bicyclic) bond motifs is 1. The molecule has 31 heavy (non-hydrogen) atoms. The van der Waals surface area contributed by atoms with Gasteiger partial charge in [0.25, 0.3) is 5.91 Å². The smallest absolute Gasteiger partial charge is 0.272 e. The molecule has 2 aliphatic rings. The molecule has 6 nitrogen and oxygen atoms in total. The molecule has 4 rings (SSSR count). The van der Waals surface area contributed by atoms with Crippen LogP contribution in [0.2, 0.25) is 0 Å². The second-order valence-electron chi connectivity index (χ2n) is 8.57. The van der Waals surface area contributed by atoms with Gasteiger partial charge in [0.05, 0.1) is 18.7 Å². The lowest BCUT2D eigenvalue weighted by Crippen LogP contribution is -2.73. The molecular formula is C25H27N3O3. The molecule has 2 fully saturated rings. The van der Waals surface area contributed by atoms with E-state index < -0.39 is 0 Å². The van der Waals surface area contributed by atoms with Crippen LogP contribution in [0.25, 0.3) is 0 Å². The number of rotatable bonds is 4. The summed E-state index contributed by atoms with van der Waals surface area (Å²) in [4.78, 5) is 33.0. The van der Waals surface area contributed by atoms with Crippen LogP contribution in [-0.2, 0) is 4.79 Å². The second kappa shape index (κ2) is 8.91. The van der Waals surface area contributed by atoms with E-state index >= 15 is 0 Å². The van der Waals surface area contributed by atoms with Crippen LogP contribution in [-0.4, -0.2) is 63.5 Å². The fourth-order valence-electron chi connectivity index (χ4n) is 4.45. The minimum atomic E-state index is -0.262. The van der Waals surface area contributed by atoms with Gasteiger partial charge in [0.1, 0.15) is 12.2 Å². The molecule has 1 aromatic heterocycles. The maximum absolute atomic E-state index is 12.8. The highest BCUT2D eigenvalue weighted by atomic mass is 16.3. The first-order valence-corrected chi connectivity index (χ1v) is 10.7. The summed E-state index contributed by atoms with van der Waals surface area (Å²) in [5.74, 6) is 6.52. The van der Waals surface area contributed by atoms with E-state index in [0.717, 1.165) is 17.5 Å². The van der Waals surface area contributed by atoms with Crippen molar-refractivity contribution in [3.8, 4) is 11.8 Å². The van der Waals surface area contributed by atoms with Crippen molar-refractivity contribution in [3.63, 3.8) is 0 Å². The third-order valence-corrected chi connectivity index (χ3v) is 5.96. The molecule has 3 atom stereocenters. The number of benzene rings is 1. The molecule has 2 amide bonds. The number of aromatic nitrogens is 1. The van der Waals surface area contributed by atoms with Gasteiger partial charge in [0.2, 0.25) is 5.91 Å². The lowest BCUT2D eigenvalue weighted by atomic mass is 9.73. The van der Waals surface area contributed by atoms with Gasteiger partial charge in [-0.25, -0.2) is 0 Å². The number of carbonyl (C=O) groups excluding carboxylic acids is 2. The predicted molar refractivity (Wildman–Crippen MR) is 117 cm³/mol. The number of aliphatic hydroxyl groups excluding tert-OH is 1. The van der Waals surface area contributed by atoms with Gasteiger partial charge in [-0.15, -0.1) is 0 Å². The summed E-state index contributed by atoms with van der Waals surface area (Å²) in [7, 11) is 0. The zero-order chi connectivity index (χ0) is 22.0. The Balaban J connectivity index is 1.52. The molecule has 0 radical (unpaired) electrons. The Morgan fingerprint density at radius 2 is 2.00 bits per heavy atom. The summed E-state index contributed by atoms with van der Waals surface area (Å²) in [5.41, 5.74) is 2.34. The van der Waals surface area contributed by atoms with Crippen LogP contribution in [0.5, 0.6) is 0 Å². The first-order chi connectivity index (χ1) is 15.0. The highest BCUT2D eigenvalue weighted by Gasteiger charge is 2.54. The van der Waals surface area contributed by atoms with Crippen LogP contribution < -0.4 is 0 Å². The number of nitrogens with zero attached hydrogens (tertiary/aromatic N) is 3. The molecule has 0 spiro atoms. The minimum Gasteiger partial charge on any atom is -0.394 e. The SMILES string of the molecule is CC(C)CC#Cc1ccc([C@H]2[C@H]3CN(C(=O)c4ccccn4)CC(=O)N3[C@H]2CO)cc1. The Morgan fingerprint density at radius 3 is 2.65 bits per heavy atom. The average Bonchev–Trinajstić information content (AvgIpc) is 2.76. The van der Waals surface area contributed by atoms with Gasteiger partial charge in [-0.2, -0.15) is 0 Å².